The summed E-state index contributed by atoms with van der Waals surface area (Å²) in [6, 6.07) is 19.0. The molecule has 0 spiro atoms. The Kier molecular flexibility index (Phi) is 5.49. The number of carbonyl (C=O) groups is 3. The molecule has 1 heterocycles. The van der Waals surface area contributed by atoms with E-state index in [2.05, 4.69) is 4.98 Å². The number of primary amides is 1. The molecule has 2 N–H and O–H groups in total. The van der Waals surface area contributed by atoms with E-state index in [1.54, 1.807) is 54.7 Å². The average molecular weight is 469 g/mol. The molecule has 0 aliphatic heterocycles. The van der Waals surface area contributed by atoms with Gasteiger partial charge >= 0.3 is 0 Å². The molecule has 2 amide bonds. The number of aromatic nitrogens is 1. The Hall–Kier alpha value is -4.59. The molecule has 0 bridgehead atoms. The molecule has 3 aromatic carbocycles. The number of nitrogens with two attached hydrogens (primary N) is 1. The standard InChI is InChI=1S/C27H20FN3O4/c28-18-2-4-19(5-3-18)31(26(34)27(12-13-27)25(29)33)20-6-8-21(9-7-20)35-24-11-14-30-23-15-17(16-32)1-10-22(23)24/h1-11,14-16H,12-13H2,(H2,29,33). The fourth-order valence-corrected chi connectivity index (χ4v) is 3.97. The molecule has 1 aromatic heterocycles. The van der Waals surface area contributed by atoms with E-state index >= 15 is 0 Å². The average Bonchev–Trinajstić information content (AvgIpc) is 3.69. The first-order valence-corrected chi connectivity index (χ1v) is 10.9. The van der Waals surface area contributed by atoms with E-state index in [0.717, 1.165) is 11.7 Å². The van der Waals surface area contributed by atoms with Crippen molar-refractivity contribution in [2.24, 2.45) is 11.1 Å². The number of amides is 2. The maximum Gasteiger partial charge on any atom is 0.247 e. The van der Waals surface area contributed by atoms with Gasteiger partial charge in [0.05, 0.1) is 5.52 Å². The van der Waals surface area contributed by atoms with Gasteiger partial charge in [0.25, 0.3) is 0 Å². The minimum atomic E-state index is -1.25. The topological polar surface area (TPSA) is 103 Å². The van der Waals surface area contributed by atoms with Gasteiger partial charge in [-0.2, -0.15) is 0 Å². The molecule has 1 aliphatic carbocycles. The molecule has 0 unspecified atom stereocenters. The Morgan fingerprint density at radius 1 is 0.971 bits per heavy atom. The number of fused-ring (bicyclic) bond motifs is 1. The van der Waals surface area contributed by atoms with Crippen LogP contribution in [0.15, 0.2) is 79.0 Å². The summed E-state index contributed by atoms with van der Waals surface area (Å²) in [7, 11) is 0. The highest BCUT2D eigenvalue weighted by Crippen LogP contribution is 2.49. The predicted octanol–water partition coefficient (Wildman–Crippen LogP) is 4.91. The molecule has 5 rings (SSSR count). The highest BCUT2D eigenvalue weighted by atomic mass is 19.1. The van der Waals surface area contributed by atoms with Crippen molar-refractivity contribution >= 4 is 40.4 Å². The number of anilines is 2. The van der Waals surface area contributed by atoms with Gasteiger partial charge in [0, 0.05) is 28.5 Å². The summed E-state index contributed by atoms with van der Waals surface area (Å²) < 4.78 is 19.6. The van der Waals surface area contributed by atoms with Gasteiger partial charge in [-0.3, -0.25) is 24.3 Å². The van der Waals surface area contributed by atoms with Gasteiger partial charge in [0.15, 0.2) is 0 Å². The third-order valence-corrected chi connectivity index (χ3v) is 6.10. The van der Waals surface area contributed by atoms with Crippen LogP contribution in [0.3, 0.4) is 0 Å². The lowest BCUT2D eigenvalue weighted by atomic mass is 10.0. The second-order valence-corrected chi connectivity index (χ2v) is 8.36. The summed E-state index contributed by atoms with van der Waals surface area (Å²) in [5, 5.41) is 0.738. The van der Waals surface area contributed by atoms with Crippen molar-refractivity contribution < 1.29 is 23.5 Å². The molecule has 8 heteroatoms. The van der Waals surface area contributed by atoms with E-state index < -0.39 is 23.0 Å². The molecular weight excluding hydrogens is 449 g/mol. The monoisotopic (exact) mass is 469 g/mol. The number of nitrogens with zero attached hydrogens (tertiary/aromatic N) is 2. The number of aldehydes is 1. The van der Waals surface area contributed by atoms with Crippen LogP contribution in [-0.4, -0.2) is 23.1 Å². The summed E-state index contributed by atoms with van der Waals surface area (Å²) in [6.07, 6.45) is 3.10. The maximum absolute atomic E-state index is 13.5. The van der Waals surface area contributed by atoms with Crippen LogP contribution in [0.1, 0.15) is 23.2 Å². The first-order chi connectivity index (χ1) is 16.9. The lowest BCUT2D eigenvalue weighted by Crippen LogP contribution is -2.41. The van der Waals surface area contributed by atoms with Crippen molar-refractivity contribution in [2.45, 2.75) is 12.8 Å². The number of halogens is 1. The van der Waals surface area contributed by atoms with Crippen LogP contribution in [0, 0.1) is 11.2 Å². The van der Waals surface area contributed by atoms with Crippen LogP contribution in [0.5, 0.6) is 11.5 Å². The molecule has 0 saturated heterocycles. The van der Waals surface area contributed by atoms with E-state index in [1.807, 2.05) is 0 Å². The minimum Gasteiger partial charge on any atom is -0.457 e. The van der Waals surface area contributed by atoms with E-state index in [4.69, 9.17) is 10.5 Å². The Labute approximate surface area is 199 Å². The van der Waals surface area contributed by atoms with Crippen molar-refractivity contribution in [3.05, 3.63) is 90.4 Å². The summed E-state index contributed by atoms with van der Waals surface area (Å²) in [6.45, 7) is 0. The highest BCUT2D eigenvalue weighted by Gasteiger charge is 2.57. The third-order valence-electron chi connectivity index (χ3n) is 6.10. The fraction of sp³-hybridized carbons (Fsp3) is 0.111. The highest BCUT2D eigenvalue weighted by molar-refractivity contribution is 6.16. The molecule has 0 radical (unpaired) electrons. The second-order valence-electron chi connectivity index (χ2n) is 8.36. The molecule has 4 aromatic rings. The van der Waals surface area contributed by atoms with Gasteiger partial charge in [-0.25, -0.2) is 4.39 Å². The molecule has 174 valence electrons. The second kappa shape index (κ2) is 8.64. The number of ether oxygens (including phenoxy) is 1. The van der Waals surface area contributed by atoms with Crippen LogP contribution in [-0.2, 0) is 9.59 Å². The van der Waals surface area contributed by atoms with Crippen molar-refractivity contribution in [3.8, 4) is 11.5 Å². The Morgan fingerprint density at radius 3 is 2.23 bits per heavy atom. The zero-order chi connectivity index (χ0) is 24.6. The molecule has 1 saturated carbocycles. The smallest absolute Gasteiger partial charge is 0.247 e. The number of rotatable bonds is 7. The lowest BCUT2D eigenvalue weighted by Gasteiger charge is -2.26. The zero-order valence-electron chi connectivity index (χ0n) is 18.5. The van der Waals surface area contributed by atoms with Crippen molar-refractivity contribution in [2.75, 3.05) is 4.90 Å². The van der Waals surface area contributed by atoms with Crippen LogP contribution in [0.4, 0.5) is 15.8 Å². The molecule has 35 heavy (non-hydrogen) atoms. The van der Waals surface area contributed by atoms with Gasteiger partial charge in [0.2, 0.25) is 11.8 Å². The van der Waals surface area contributed by atoms with Gasteiger partial charge in [0.1, 0.15) is 29.0 Å². The van der Waals surface area contributed by atoms with Crippen LogP contribution in [0.25, 0.3) is 10.9 Å². The Morgan fingerprint density at radius 2 is 1.63 bits per heavy atom. The zero-order valence-corrected chi connectivity index (χ0v) is 18.5. The fourth-order valence-electron chi connectivity index (χ4n) is 3.97. The predicted molar refractivity (Wildman–Crippen MR) is 128 cm³/mol. The number of benzene rings is 3. The van der Waals surface area contributed by atoms with E-state index in [-0.39, 0.29) is 0 Å². The minimum absolute atomic E-state index is 0.376. The largest absolute Gasteiger partial charge is 0.457 e. The van der Waals surface area contributed by atoms with Crippen LogP contribution in [0.2, 0.25) is 0 Å². The van der Waals surface area contributed by atoms with Gasteiger partial charge in [-0.05, 0) is 79.6 Å². The normalized spacial score (nSPS) is 13.7. The van der Waals surface area contributed by atoms with Crippen LogP contribution >= 0.6 is 0 Å². The summed E-state index contributed by atoms with van der Waals surface area (Å²) in [4.78, 5) is 42.1. The molecule has 1 fully saturated rings. The first-order valence-electron chi connectivity index (χ1n) is 10.9. The quantitative estimate of drug-likeness (QED) is 0.306. The number of hydrogen-bond donors (Lipinski definition) is 1. The van der Waals surface area contributed by atoms with Crippen molar-refractivity contribution in [3.63, 3.8) is 0 Å². The van der Waals surface area contributed by atoms with Crippen LogP contribution < -0.4 is 15.4 Å². The Bertz CT molecular complexity index is 1450. The lowest BCUT2D eigenvalue weighted by molar-refractivity contribution is -0.133. The Balaban J connectivity index is 1.47. The first kappa shape index (κ1) is 22.2. The molecule has 0 atom stereocenters. The molecule has 7 nitrogen and oxygen atoms in total. The number of pyridine rings is 1. The molecular formula is C27H20FN3O4. The van der Waals surface area contributed by atoms with Gasteiger partial charge in [-0.1, -0.05) is 6.07 Å². The van der Waals surface area contributed by atoms with E-state index in [0.29, 0.717) is 46.8 Å². The SMILES string of the molecule is NC(=O)C1(C(=O)N(c2ccc(F)cc2)c2ccc(Oc3ccnc4cc(C=O)ccc34)cc2)CC1. The van der Waals surface area contributed by atoms with E-state index in [9.17, 15) is 18.8 Å². The van der Waals surface area contributed by atoms with Crippen molar-refractivity contribution in [1.82, 2.24) is 4.98 Å². The number of carbonyl (C=O) groups excluding carboxylic acids is 3. The summed E-state index contributed by atoms with van der Waals surface area (Å²) in [5.41, 5.74) is 6.33. The number of hydrogen-bond acceptors (Lipinski definition) is 5. The summed E-state index contributed by atoms with van der Waals surface area (Å²) in [5.74, 6) is -0.500. The maximum atomic E-state index is 13.5. The van der Waals surface area contributed by atoms with Gasteiger partial charge in [-0.15, -0.1) is 0 Å². The third kappa shape index (κ3) is 4.10. The molecule has 1 aliphatic rings. The summed E-state index contributed by atoms with van der Waals surface area (Å²) >= 11 is 0. The van der Waals surface area contributed by atoms with Crippen molar-refractivity contribution in [1.29, 1.82) is 0 Å². The van der Waals surface area contributed by atoms with E-state index in [1.165, 1.54) is 29.2 Å². The van der Waals surface area contributed by atoms with Gasteiger partial charge < -0.3 is 10.5 Å².